The van der Waals surface area contributed by atoms with Crippen molar-refractivity contribution in [3.05, 3.63) is 65.5 Å². The first-order chi connectivity index (χ1) is 11.5. The first-order valence-electron chi connectivity index (χ1n) is 7.49. The molecule has 1 N–H and O–H groups in total. The van der Waals surface area contributed by atoms with E-state index in [1.165, 1.54) is 18.2 Å². The van der Waals surface area contributed by atoms with Gasteiger partial charge in [-0.25, -0.2) is 4.39 Å². The molecular weight excluding hydrogens is 309 g/mol. The second-order valence-electron chi connectivity index (χ2n) is 5.23. The van der Waals surface area contributed by atoms with Gasteiger partial charge in [-0.05, 0) is 48.9 Å². The Kier molecular flexibility index (Phi) is 5.95. The number of ether oxygens (including phenoxy) is 2. The van der Waals surface area contributed by atoms with Crippen LogP contribution in [0.4, 0.5) is 4.39 Å². The van der Waals surface area contributed by atoms with Crippen molar-refractivity contribution >= 4 is 12.0 Å². The smallest absolute Gasteiger partial charge is 0.244 e. The molecule has 4 nitrogen and oxygen atoms in total. The minimum Gasteiger partial charge on any atom is -0.497 e. The molecular formula is C19H20FNO3. The number of hydrogen-bond donors (Lipinski definition) is 1. The third kappa shape index (κ3) is 4.59. The fraction of sp³-hybridized carbons (Fsp3) is 0.211. The third-order valence-electron chi connectivity index (χ3n) is 3.54. The van der Waals surface area contributed by atoms with Crippen LogP contribution >= 0.6 is 0 Å². The molecule has 0 aliphatic rings. The van der Waals surface area contributed by atoms with Crippen LogP contribution < -0.4 is 14.8 Å². The Morgan fingerprint density at radius 1 is 1.17 bits per heavy atom. The van der Waals surface area contributed by atoms with Crippen LogP contribution in [0.15, 0.2) is 48.5 Å². The summed E-state index contributed by atoms with van der Waals surface area (Å²) < 4.78 is 23.6. The van der Waals surface area contributed by atoms with E-state index in [9.17, 15) is 9.18 Å². The van der Waals surface area contributed by atoms with Crippen LogP contribution in [0.2, 0.25) is 0 Å². The minimum absolute atomic E-state index is 0.278. The second-order valence-corrected chi connectivity index (χ2v) is 5.23. The van der Waals surface area contributed by atoms with Gasteiger partial charge in [0.2, 0.25) is 5.91 Å². The maximum absolute atomic E-state index is 13.1. The zero-order valence-electron chi connectivity index (χ0n) is 13.9. The summed E-state index contributed by atoms with van der Waals surface area (Å²) in [6.45, 7) is 1.85. The molecule has 5 heteroatoms. The van der Waals surface area contributed by atoms with E-state index in [1.807, 2.05) is 13.0 Å². The van der Waals surface area contributed by atoms with Crippen LogP contribution in [0.1, 0.15) is 24.1 Å². The molecule has 1 amide bonds. The van der Waals surface area contributed by atoms with Crippen molar-refractivity contribution in [2.24, 2.45) is 0 Å². The van der Waals surface area contributed by atoms with E-state index in [0.29, 0.717) is 17.1 Å². The number of nitrogens with one attached hydrogen (secondary N) is 1. The Morgan fingerprint density at radius 3 is 2.62 bits per heavy atom. The molecule has 0 aliphatic heterocycles. The predicted molar refractivity (Wildman–Crippen MR) is 91.5 cm³/mol. The van der Waals surface area contributed by atoms with Crippen molar-refractivity contribution in [1.82, 2.24) is 5.32 Å². The van der Waals surface area contributed by atoms with Crippen molar-refractivity contribution in [2.75, 3.05) is 14.2 Å². The van der Waals surface area contributed by atoms with Crippen molar-refractivity contribution in [3.8, 4) is 11.5 Å². The van der Waals surface area contributed by atoms with Crippen molar-refractivity contribution < 1.29 is 18.7 Å². The molecule has 0 aliphatic carbocycles. The summed E-state index contributed by atoms with van der Waals surface area (Å²) in [5.41, 5.74) is 1.43. The topological polar surface area (TPSA) is 47.6 Å². The average Bonchev–Trinajstić information content (AvgIpc) is 2.59. The van der Waals surface area contributed by atoms with Gasteiger partial charge in [-0.15, -0.1) is 0 Å². The number of benzene rings is 2. The molecule has 0 saturated carbocycles. The van der Waals surface area contributed by atoms with Crippen LogP contribution in [-0.4, -0.2) is 20.1 Å². The third-order valence-corrected chi connectivity index (χ3v) is 3.54. The van der Waals surface area contributed by atoms with Crippen LogP contribution in [0.5, 0.6) is 11.5 Å². The van der Waals surface area contributed by atoms with Gasteiger partial charge in [-0.3, -0.25) is 4.79 Å². The Balaban J connectivity index is 2.08. The quantitative estimate of drug-likeness (QED) is 0.822. The second kappa shape index (κ2) is 8.15. The molecule has 1 atom stereocenters. The summed E-state index contributed by atoms with van der Waals surface area (Å²) in [6, 6.07) is 11.2. The number of halogens is 1. The van der Waals surface area contributed by atoms with Gasteiger partial charge in [0.15, 0.2) is 0 Å². The van der Waals surface area contributed by atoms with Crippen LogP contribution in [0.3, 0.4) is 0 Å². The van der Waals surface area contributed by atoms with Gasteiger partial charge in [-0.1, -0.05) is 12.1 Å². The number of carbonyl (C=O) groups is 1. The van der Waals surface area contributed by atoms with Gasteiger partial charge >= 0.3 is 0 Å². The van der Waals surface area contributed by atoms with Gasteiger partial charge in [0.1, 0.15) is 17.3 Å². The van der Waals surface area contributed by atoms with E-state index in [1.54, 1.807) is 44.6 Å². The molecule has 2 aromatic rings. The fourth-order valence-electron chi connectivity index (χ4n) is 2.30. The lowest BCUT2D eigenvalue weighted by Gasteiger charge is -2.17. The highest BCUT2D eigenvalue weighted by molar-refractivity contribution is 5.92. The molecule has 0 spiro atoms. The van der Waals surface area contributed by atoms with E-state index >= 15 is 0 Å². The maximum Gasteiger partial charge on any atom is 0.244 e. The zero-order valence-corrected chi connectivity index (χ0v) is 13.9. The predicted octanol–water partition coefficient (Wildman–Crippen LogP) is 3.73. The summed E-state index contributed by atoms with van der Waals surface area (Å²) in [5.74, 6) is 0.726. The monoisotopic (exact) mass is 329 g/mol. The SMILES string of the molecule is COc1ccc(OC)c(C(C)NC(=O)/C=C/c2cccc(F)c2)c1. The summed E-state index contributed by atoms with van der Waals surface area (Å²) in [5, 5.41) is 2.85. The Morgan fingerprint density at radius 2 is 1.96 bits per heavy atom. The zero-order chi connectivity index (χ0) is 17.5. The summed E-state index contributed by atoms with van der Waals surface area (Å²) >= 11 is 0. The summed E-state index contributed by atoms with van der Waals surface area (Å²) in [6.07, 6.45) is 2.94. The normalized spacial score (nSPS) is 12.0. The molecule has 2 aromatic carbocycles. The lowest BCUT2D eigenvalue weighted by Crippen LogP contribution is -2.25. The van der Waals surface area contributed by atoms with E-state index in [0.717, 1.165) is 5.56 Å². The van der Waals surface area contributed by atoms with Crippen LogP contribution in [0.25, 0.3) is 6.08 Å². The van der Waals surface area contributed by atoms with Gasteiger partial charge < -0.3 is 14.8 Å². The van der Waals surface area contributed by atoms with Crippen molar-refractivity contribution in [1.29, 1.82) is 0 Å². The Bertz CT molecular complexity index is 743. The number of methoxy groups -OCH3 is 2. The Hall–Kier alpha value is -2.82. The summed E-state index contributed by atoms with van der Waals surface area (Å²) in [7, 11) is 3.15. The molecule has 0 fully saturated rings. The molecule has 0 aromatic heterocycles. The molecule has 1 unspecified atom stereocenters. The maximum atomic E-state index is 13.1. The largest absolute Gasteiger partial charge is 0.497 e. The van der Waals surface area contributed by atoms with Gasteiger partial charge in [0, 0.05) is 11.6 Å². The molecule has 0 bridgehead atoms. The van der Waals surface area contributed by atoms with E-state index < -0.39 is 0 Å². The number of carbonyl (C=O) groups excluding carboxylic acids is 1. The number of hydrogen-bond acceptors (Lipinski definition) is 3. The first-order valence-corrected chi connectivity index (χ1v) is 7.49. The lowest BCUT2D eigenvalue weighted by atomic mass is 10.1. The molecule has 2 rings (SSSR count). The van der Waals surface area contributed by atoms with Crippen molar-refractivity contribution in [3.63, 3.8) is 0 Å². The average molecular weight is 329 g/mol. The highest BCUT2D eigenvalue weighted by Gasteiger charge is 2.14. The van der Waals surface area contributed by atoms with Crippen LogP contribution in [-0.2, 0) is 4.79 Å². The van der Waals surface area contributed by atoms with Gasteiger partial charge in [-0.2, -0.15) is 0 Å². The van der Waals surface area contributed by atoms with Gasteiger partial charge in [0.05, 0.1) is 20.3 Å². The Labute approximate surface area is 140 Å². The molecule has 126 valence electrons. The molecule has 24 heavy (non-hydrogen) atoms. The molecule has 0 saturated heterocycles. The lowest BCUT2D eigenvalue weighted by molar-refractivity contribution is -0.117. The highest BCUT2D eigenvalue weighted by Crippen LogP contribution is 2.29. The number of rotatable bonds is 6. The molecule has 0 heterocycles. The van der Waals surface area contributed by atoms with E-state index in [-0.39, 0.29) is 17.8 Å². The van der Waals surface area contributed by atoms with E-state index in [2.05, 4.69) is 5.32 Å². The van der Waals surface area contributed by atoms with E-state index in [4.69, 9.17) is 9.47 Å². The standard InChI is InChI=1S/C19H20FNO3/c1-13(17-12-16(23-2)8-9-18(17)24-3)21-19(22)10-7-14-5-4-6-15(20)11-14/h4-13H,1-3H3,(H,21,22)/b10-7+. The van der Waals surface area contributed by atoms with Crippen LogP contribution in [0, 0.1) is 5.82 Å². The fourth-order valence-corrected chi connectivity index (χ4v) is 2.30. The minimum atomic E-state index is -0.341. The highest BCUT2D eigenvalue weighted by atomic mass is 19.1. The van der Waals surface area contributed by atoms with Crippen molar-refractivity contribution in [2.45, 2.75) is 13.0 Å². The molecule has 0 radical (unpaired) electrons. The summed E-state index contributed by atoms with van der Waals surface area (Å²) in [4.78, 5) is 12.1. The van der Waals surface area contributed by atoms with Gasteiger partial charge in [0.25, 0.3) is 0 Å². The number of amides is 1. The first kappa shape index (κ1) is 17.5.